The van der Waals surface area contributed by atoms with Crippen LogP contribution in [0, 0.1) is 0 Å². The van der Waals surface area contributed by atoms with E-state index in [9.17, 15) is 14.4 Å². The molecule has 160 valence electrons. The van der Waals surface area contributed by atoms with E-state index in [4.69, 9.17) is 0 Å². The van der Waals surface area contributed by atoms with Gasteiger partial charge in [-0.3, -0.25) is 14.4 Å². The second kappa shape index (κ2) is 12.2. The average molecular weight is 402 g/mol. The number of nitrogens with one attached hydrogen (secondary N) is 3. The Morgan fingerprint density at radius 2 is 1.34 bits per heavy atom. The molecule has 0 saturated heterocycles. The van der Waals surface area contributed by atoms with Crippen LogP contribution in [0.1, 0.15) is 94.8 Å². The van der Waals surface area contributed by atoms with E-state index in [0.717, 1.165) is 51.4 Å². The fraction of sp³-hybridized carbons (Fsp3) is 0.609. The van der Waals surface area contributed by atoms with Gasteiger partial charge in [0.1, 0.15) is 0 Å². The van der Waals surface area contributed by atoms with Crippen LogP contribution in [-0.4, -0.2) is 23.8 Å². The summed E-state index contributed by atoms with van der Waals surface area (Å²) in [6.45, 7) is 4.07. The summed E-state index contributed by atoms with van der Waals surface area (Å²) in [4.78, 5) is 37.1. The second-order valence-electron chi connectivity index (χ2n) is 7.91. The number of anilines is 2. The molecule has 0 aliphatic heterocycles. The van der Waals surface area contributed by atoms with Gasteiger partial charge in [-0.05, 0) is 43.9 Å². The molecule has 1 fully saturated rings. The monoisotopic (exact) mass is 401 g/mol. The van der Waals surface area contributed by atoms with Gasteiger partial charge in [-0.2, -0.15) is 0 Å². The lowest BCUT2D eigenvalue weighted by Crippen LogP contribution is -2.36. The van der Waals surface area contributed by atoms with Crippen LogP contribution in [0.15, 0.2) is 18.2 Å². The molecule has 1 aliphatic rings. The number of hydrogen-bond donors (Lipinski definition) is 3. The van der Waals surface area contributed by atoms with Crippen LogP contribution in [-0.2, 0) is 9.59 Å². The third-order valence-electron chi connectivity index (χ3n) is 5.22. The highest BCUT2D eigenvalue weighted by atomic mass is 16.2. The summed E-state index contributed by atoms with van der Waals surface area (Å²) in [5, 5.41) is 8.82. The summed E-state index contributed by atoms with van der Waals surface area (Å²) in [5.41, 5.74) is 1.52. The van der Waals surface area contributed by atoms with Gasteiger partial charge >= 0.3 is 0 Å². The van der Waals surface area contributed by atoms with Gasteiger partial charge in [0.15, 0.2) is 0 Å². The minimum Gasteiger partial charge on any atom is -0.349 e. The lowest BCUT2D eigenvalue weighted by Gasteiger charge is -2.23. The Kier molecular flexibility index (Phi) is 9.68. The molecule has 3 N–H and O–H groups in total. The Morgan fingerprint density at radius 3 is 1.83 bits per heavy atom. The Labute approximate surface area is 174 Å². The van der Waals surface area contributed by atoms with Gasteiger partial charge in [-0.1, -0.05) is 46.0 Å². The van der Waals surface area contributed by atoms with Crippen LogP contribution in [0.2, 0.25) is 0 Å². The van der Waals surface area contributed by atoms with Gasteiger partial charge in [0.25, 0.3) is 5.91 Å². The first kappa shape index (κ1) is 22.9. The van der Waals surface area contributed by atoms with Crippen LogP contribution < -0.4 is 16.0 Å². The molecule has 0 spiro atoms. The van der Waals surface area contributed by atoms with E-state index in [1.54, 1.807) is 18.2 Å². The van der Waals surface area contributed by atoms with Crippen LogP contribution >= 0.6 is 0 Å². The smallest absolute Gasteiger partial charge is 0.251 e. The van der Waals surface area contributed by atoms with E-state index in [-0.39, 0.29) is 23.8 Å². The van der Waals surface area contributed by atoms with Gasteiger partial charge < -0.3 is 16.0 Å². The maximum Gasteiger partial charge on any atom is 0.251 e. The SMILES string of the molecule is CCCCC(=O)Nc1cc(NC(=O)CCCC)cc(C(=O)NC2CCCCC2)c1. The molecule has 0 unspecified atom stereocenters. The predicted octanol–water partition coefficient (Wildman–Crippen LogP) is 5.01. The molecule has 2 rings (SSSR count). The normalized spacial score (nSPS) is 14.3. The third kappa shape index (κ3) is 8.26. The van der Waals surface area contributed by atoms with E-state index in [0.29, 0.717) is 29.8 Å². The highest BCUT2D eigenvalue weighted by Crippen LogP contribution is 2.22. The van der Waals surface area contributed by atoms with Crippen molar-refractivity contribution < 1.29 is 14.4 Å². The van der Waals surface area contributed by atoms with Crippen molar-refractivity contribution in [2.75, 3.05) is 10.6 Å². The maximum absolute atomic E-state index is 12.8. The Morgan fingerprint density at radius 1 is 0.828 bits per heavy atom. The highest BCUT2D eigenvalue weighted by molar-refractivity contribution is 6.00. The zero-order valence-electron chi connectivity index (χ0n) is 17.8. The van der Waals surface area contributed by atoms with Gasteiger partial charge in [0.2, 0.25) is 11.8 Å². The number of carbonyl (C=O) groups excluding carboxylic acids is 3. The summed E-state index contributed by atoms with van der Waals surface area (Å²) in [6, 6.07) is 5.28. The summed E-state index contributed by atoms with van der Waals surface area (Å²) in [7, 11) is 0. The molecule has 1 aliphatic carbocycles. The van der Waals surface area contributed by atoms with Crippen molar-refractivity contribution >= 4 is 29.1 Å². The minimum absolute atomic E-state index is 0.0834. The fourth-order valence-corrected chi connectivity index (χ4v) is 3.54. The molecule has 1 aromatic rings. The van der Waals surface area contributed by atoms with E-state index in [1.165, 1.54) is 6.42 Å². The molecule has 1 aromatic carbocycles. The largest absolute Gasteiger partial charge is 0.349 e. The summed E-state index contributed by atoms with van der Waals surface area (Å²) >= 11 is 0. The number of rotatable bonds is 10. The molecule has 29 heavy (non-hydrogen) atoms. The minimum atomic E-state index is -0.161. The Hall–Kier alpha value is -2.37. The number of benzene rings is 1. The van der Waals surface area contributed by atoms with Crippen molar-refractivity contribution in [2.45, 2.75) is 90.5 Å². The van der Waals surface area contributed by atoms with E-state index >= 15 is 0 Å². The maximum atomic E-state index is 12.8. The van der Waals surface area contributed by atoms with Crippen molar-refractivity contribution in [3.8, 4) is 0 Å². The lowest BCUT2D eigenvalue weighted by molar-refractivity contribution is -0.117. The molecular weight excluding hydrogens is 366 g/mol. The van der Waals surface area contributed by atoms with Crippen LogP contribution in [0.4, 0.5) is 11.4 Å². The molecule has 0 bridgehead atoms. The first-order chi connectivity index (χ1) is 14.0. The molecule has 1 saturated carbocycles. The summed E-state index contributed by atoms with van der Waals surface area (Å²) < 4.78 is 0. The zero-order chi connectivity index (χ0) is 21.1. The Bertz CT molecular complexity index is 656. The molecule has 0 radical (unpaired) electrons. The number of hydrogen-bond acceptors (Lipinski definition) is 3. The van der Waals surface area contributed by atoms with Crippen molar-refractivity contribution in [1.82, 2.24) is 5.32 Å². The number of carbonyl (C=O) groups is 3. The van der Waals surface area contributed by atoms with Gasteiger partial charge in [-0.15, -0.1) is 0 Å². The molecular formula is C23H35N3O3. The van der Waals surface area contributed by atoms with Crippen molar-refractivity contribution in [3.05, 3.63) is 23.8 Å². The zero-order valence-corrected chi connectivity index (χ0v) is 17.8. The molecule has 0 aromatic heterocycles. The molecule has 0 atom stereocenters. The van der Waals surface area contributed by atoms with E-state index in [1.807, 2.05) is 13.8 Å². The topological polar surface area (TPSA) is 87.3 Å². The van der Waals surface area contributed by atoms with Crippen molar-refractivity contribution in [3.63, 3.8) is 0 Å². The quantitative estimate of drug-likeness (QED) is 0.515. The number of amides is 3. The van der Waals surface area contributed by atoms with Crippen LogP contribution in [0.5, 0.6) is 0 Å². The van der Waals surface area contributed by atoms with Crippen molar-refractivity contribution in [2.24, 2.45) is 0 Å². The standard InChI is InChI=1S/C23H35N3O3/c1-3-5-12-21(27)24-19-14-17(23(29)26-18-10-8-7-9-11-18)15-20(16-19)25-22(28)13-6-4-2/h14-16,18H,3-13H2,1-2H3,(H,24,27)(H,25,28)(H,26,29). The summed E-state index contributed by atoms with van der Waals surface area (Å²) in [6.07, 6.45) is 9.88. The first-order valence-electron chi connectivity index (χ1n) is 11.1. The highest BCUT2D eigenvalue weighted by Gasteiger charge is 2.18. The molecule has 6 nitrogen and oxygen atoms in total. The molecule has 0 heterocycles. The number of unbranched alkanes of at least 4 members (excludes halogenated alkanes) is 2. The van der Waals surface area contributed by atoms with Crippen LogP contribution in [0.3, 0.4) is 0 Å². The van der Waals surface area contributed by atoms with Gasteiger partial charge in [0, 0.05) is 35.8 Å². The van der Waals surface area contributed by atoms with Gasteiger partial charge in [0.05, 0.1) is 0 Å². The lowest BCUT2D eigenvalue weighted by atomic mass is 9.95. The van der Waals surface area contributed by atoms with Crippen molar-refractivity contribution in [1.29, 1.82) is 0 Å². The Balaban J connectivity index is 2.14. The molecule has 6 heteroatoms. The third-order valence-corrected chi connectivity index (χ3v) is 5.22. The first-order valence-corrected chi connectivity index (χ1v) is 11.1. The fourth-order valence-electron chi connectivity index (χ4n) is 3.54. The van der Waals surface area contributed by atoms with Crippen LogP contribution in [0.25, 0.3) is 0 Å². The second-order valence-corrected chi connectivity index (χ2v) is 7.91. The predicted molar refractivity (Wildman–Crippen MR) is 117 cm³/mol. The summed E-state index contributed by atoms with van der Waals surface area (Å²) in [5.74, 6) is -0.328. The average Bonchev–Trinajstić information content (AvgIpc) is 2.71. The van der Waals surface area contributed by atoms with Gasteiger partial charge in [-0.25, -0.2) is 0 Å². The van der Waals surface area contributed by atoms with E-state index in [2.05, 4.69) is 16.0 Å². The molecule has 3 amide bonds. The van der Waals surface area contributed by atoms with E-state index < -0.39 is 0 Å².